The van der Waals surface area contributed by atoms with Crippen LogP contribution in [0.4, 0.5) is 0 Å². The second kappa shape index (κ2) is 12.1. The van der Waals surface area contributed by atoms with Crippen molar-refractivity contribution in [2.24, 2.45) is 5.73 Å². The van der Waals surface area contributed by atoms with Gasteiger partial charge in [-0.1, -0.05) is 26.2 Å². The van der Waals surface area contributed by atoms with Crippen LogP contribution in [-0.2, 0) is 13.3 Å². The summed E-state index contributed by atoms with van der Waals surface area (Å²) in [5.74, 6) is 0. The minimum absolute atomic E-state index is 0.505. The molecule has 0 aromatic rings. The predicted molar refractivity (Wildman–Crippen MR) is 76.3 cm³/mol. The normalized spacial score (nSPS) is 12.0. The molecule has 0 fully saturated rings. The highest BCUT2D eigenvalue weighted by atomic mass is 28.4. The van der Waals surface area contributed by atoms with Gasteiger partial charge in [0.05, 0.1) is 6.73 Å². The van der Waals surface area contributed by atoms with E-state index in [1.807, 2.05) is 0 Å². The molecule has 0 aromatic heterocycles. The summed E-state index contributed by atoms with van der Waals surface area (Å²) >= 11 is 0. The third kappa shape index (κ3) is 8.18. The number of nitrogens with one attached hydrogen (secondary N) is 1. The van der Waals surface area contributed by atoms with Crippen LogP contribution < -0.4 is 11.1 Å². The van der Waals surface area contributed by atoms with Gasteiger partial charge in [-0.2, -0.15) is 0 Å². The molecule has 0 amide bonds. The van der Waals surface area contributed by atoms with Crippen LogP contribution in [0.25, 0.3) is 0 Å². The highest BCUT2D eigenvalue weighted by Crippen LogP contribution is 2.14. The Morgan fingerprint density at radius 2 is 1.72 bits per heavy atom. The average Bonchev–Trinajstić information content (AvgIpc) is 2.40. The fraction of sp³-hybridized carbons (Fsp3) is 1.00. The van der Waals surface area contributed by atoms with Crippen molar-refractivity contribution in [1.82, 2.24) is 5.32 Å². The zero-order valence-electron chi connectivity index (χ0n) is 12.2. The maximum Gasteiger partial charge on any atom is 0.501 e. The van der Waals surface area contributed by atoms with Gasteiger partial charge in [-0.25, -0.2) is 0 Å². The van der Waals surface area contributed by atoms with Crippen LogP contribution >= 0.6 is 0 Å². The number of rotatable bonds is 13. The molecule has 0 radical (unpaired) electrons. The molecule has 0 saturated heterocycles. The summed E-state index contributed by atoms with van der Waals surface area (Å²) in [6.07, 6.45) is 5.72. The van der Waals surface area contributed by atoms with Gasteiger partial charge in [0, 0.05) is 20.3 Å². The molecule has 0 spiro atoms. The Hall–Kier alpha value is 0.0169. The van der Waals surface area contributed by atoms with E-state index >= 15 is 0 Å². The Labute approximate surface area is 113 Å². The fourth-order valence-electron chi connectivity index (χ4n) is 1.76. The molecule has 18 heavy (non-hydrogen) atoms. The van der Waals surface area contributed by atoms with Gasteiger partial charge in [0.25, 0.3) is 0 Å². The second-order valence-corrected chi connectivity index (χ2v) is 7.30. The Balaban J connectivity index is 3.55. The molecule has 110 valence electrons. The van der Waals surface area contributed by atoms with Crippen molar-refractivity contribution in [2.75, 3.05) is 34.0 Å². The molecule has 5 nitrogen and oxygen atoms in total. The van der Waals surface area contributed by atoms with E-state index in [0.717, 1.165) is 38.4 Å². The summed E-state index contributed by atoms with van der Waals surface area (Å²) in [6.45, 7) is 4.37. The van der Waals surface area contributed by atoms with E-state index in [1.165, 1.54) is 12.8 Å². The molecule has 0 rings (SSSR count). The van der Waals surface area contributed by atoms with Crippen molar-refractivity contribution in [3.63, 3.8) is 0 Å². The lowest BCUT2D eigenvalue weighted by molar-refractivity contribution is 0.0899. The van der Waals surface area contributed by atoms with Gasteiger partial charge in [-0.15, -0.1) is 0 Å². The van der Waals surface area contributed by atoms with E-state index in [1.54, 1.807) is 14.2 Å². The van der Waals surface area contributed by atoms with E-state index in [9.17, 15) is 0 Å². The average molecular weight is 278 g/mol. The number of hydrogen-bond donors (Lipinski definition) is 2. The molecule has 0 aliphatic rings. The van der Waals surface area contributed by atoms with Crippen molar-refractivity contribution in [1.29, 1.82) is 0 Å². The third-order valence-electron chi connectivity index (χ3n) is 2.88. The first kappa shape index (κ1) is 18.0. The summed E-state index contributed by atoms with van der Waals surface area (Å²) in [4.78, 5) is 0. The lowest BCUT2D eigenvalue weighted by atomic mass is 10.2. The minimum Gasteiger partial charge on any atom is -0.377 e. The molecular weight excluding hydrogens is 248 g/mol. The number of nitrogens with two attached hydrogens (primary N) is 1. The van der Waals surface area contributed by atoms with Crippen LogP contribution in [0.5, 0.6) is 0 Å². The quantitative estimate of drug-likeness (QED) is 0.305. The molecular formula is C12H30N2O3Si. The molecule has 0 atom stereocenters. The first-order valence-electron chi connectivity index (χ1n) is 6.89. The molecule has 0 aromatic carbocycles. The first-order valence-corrected chi connectivity index (χ1v) is 8.83. The van der Waals surface area contributed by atoms with Crippen molar-refractivity contribution < 1.29 is 13.3 Å². The van der Waals surface area contributed by atoms with Crippen LogP contribution in [-0.4, -0.2) is 42.8 Å². The van der Waals surface area contributed by atoms with Crippen LogP contribution in [0.3, 0.4) is 0 Å². The van der Waals surface area contributed by atoms with Gasteiger partial charge >= 0.3 is 8.80 Å². The van der Waals surface area contributed by atoms with Crippen molar-refractivity contribution in [3.8, 4) is 0 Å². The van der Waals surface area contributed by atoms with Crippen molar-refractivity contribution >= 4 is 8.80 Å². The third-order valence-corrected chi connectivity index (χ3v) is 5.82. The summed E-state index contributed by atoms with van der Waals surface area (Å²) in [5, 5.41) is 3.27. The monoisotopic (exact) mass is 278 g/mol. The summed E-state index contributed by atoms with van der Waals surface area (Å²) in [5.41, 5.74) is 5.44. The zero-order valence-corrected chi connectivity index (χ0v) is 13.2. The van der Waals surface area contributed by atoms with E-state index < -0.39 is 8.80 Å². The second-order valence-electron chi connectivity index (χ2n) is 4.33. The van der Waals surface area contributed by atoms with Gasteiger partial charge in [-0.3, -0.25) is 5.32 Å². The molecule has 0 aliphatic heterocycles. The Morgan fingerprint density at radius 1 is 1.06 bits per heavy atom. The van der Waals surface area contributed by atoms with E-state index in [0.29, 0.717) is 6.73 Å². The van der Waals surface area contributed by atoms with Crippen LogP contribution in [0.2, 0.25) is 6.04 Å². The topological polar surface area (TPSA) is 65.7 Å². The Bertz CT molecular complexity index is 181. The van der Waals surface area contributed by atoms with Crippen molar-refractivity contribution in [3.05, 3.63) is 0 Å². The number of hydrogen-bond acceptors (Lipinski definition) is 5. The molecule has 0 heterocycles. The van der Waals surface area contributed by atoms with Gasteiger partial charge in [0.1, 0.15) is 0 Å². The highest BCUT2D eigenvalue weighted by Gasteiger charge is 2.37. The van der Waals surface area contributed by atoms with E-state index in [4.69, 9.17) is 19.0 Å². The van der Waals surface area contributed by atoms with Gasteiger partial charge in [0.2, 0.25) is 0 Å². The van der Waals surface area contributed by atoms with E-state index in [-0.39, 0.29) is 0 Å². The maximum atomic E-state index is 5.76. The molecule has 0 unspecified atom stereocenters. The summed E-state index contributed by atoms with van der Waals surface area (Å²) < 4.78 is 16.6. The Kier molecular flexibility index (Phi) is 12.1. The van der Waals surface area contributed by atoms with Crippen LogP contribution in [0, 0.1) is 0 Å². The minimum atomic E-state index is -2.40. The lowest BCUT2D eigenvalue weighted by Gasteiger charge is -2.26. The summed E-state index contributed by atoms with van der Waals surface area (Å²) in [6, 6.07) is 0.859. The summed E-state index contributed by atoms with van der Waals surface area (Å²) in [7, 11) is 0.926. The standard InChI is InChI=1S/C12H30N2O3Si/c1-4-11-18(15-2,16-3)17-12-14-10-8-6-5-7-9-13/h14H,4-13H2,1-3H3. The largest absolute Gasteiger partial charge is 0.501 e. The molecule has 6 heteroatoms. The molecule has 0 bridgehead atoms. The van der Waals surface area contributed by atoms with E-state index in [2.05, 4.69) is 12.2 Å². The van der Waals surface area contributed by atoms with Crippen LogP contribution in [0.1, 0.15) is 39.0 Å². The smallest absolute Gasteiger partial charge is 0.377 e. The zero-order chi connectivity index (χ0) is 13.7. The fourth-order valence-corrected chi connectivity index (χ4v) is 3.65. The van der Waals surface area contributed by atoms with Gasteiger partial charge < -0.3 is 19.0 Å². The van der Waals surface area contributed by atoms with Gasteiger partial charge in [0.15, 0.2) is 0 Å². The van der Waals surface area contributed by atoms with Gasteiger partial charge in [-0.05, 0) is 25.9 Å². The predicted octanol–water partition coefficient (Wildman–Crippen LogP) is 1.71. The molecule has 0 saturated carbocycles. The molecule has 0 aliphatic carbocycles. The lowest BCUT2D eigenvalue weighted by Crippen LogP contribution is -2.45. The molecule has 3 N–H and O–H groups in total. The SMILES string of the molecule is CCC[Si](OC)(OC)OCNCCCCCCN. The maximum absolute atomic E-state index is 5.76. The highest BCUT2D eigenvalue weighted by molar-refractivity contribution is 6.60. The van der Waals surface area contributed by atoms with Crippen LogP contribution in [0.15, 0.2) is 0 Å². The first-order chi connectivity index (χ1) is 8.74. The number of unbranched alkanes of at least 4 members (excludes halogenated alkanes) is 3. The Morgan fingerprint density at radius 3 is 2.28 bits per heavy atom. The van der Waals surface area contributed by atoms with Crippen molar-refractivity contribution in [2.45, 2.75) is 45.1 Å².